The van der Waals surface area contributed by atoms with Gasteiger partial charge >= 0.3 is 0 Å². The fourth-order valence-corrected chi connectivity index (χ4v) is 7.02. The van der Waals surface area contributed by atoms with Crippen LogP contribution in [0.1, 0.15) is 41.3 Å². The molecule has 10 heteroatoms. The molecular weight excluding hydrogens is 562 g/mol. The maximum absolute atomic E-state index is 12.7. The van der Waals surface area contributed by atoms with Crippen molar-refractivity contribution in [3.8, 4) is 0 Å². The van der Waals surface area contributed by atoms with E-state index in [1.807, 2.05) is 47.9 Å². The number of para-hydroxylation sites is 1. The highest BCUT2D eigenvalue weighted by molar-refractivity contribution is 7.86. The van der Waals surface area contributed by atoms with Gasteiger partial charge in [0.05, 0.1) is 28.5 Å². The first-order chi connectivity index (χ1) is 20.7. The van der Waals surface area contributed by atoms with Crippen LogP contribution in [0, 0.1) is 6.92 Å². The van der Waals surface area contributed by atoms with Gasteiger partial charge in [0.2, 0.25) is 0 Å². The zero-order valence-electron chi connectivity index (χ0n) is 23.6. The number of aromatic nitrogens is 3. The number of aryl methyl sites for hydroxylation is 1. The summed E-state index contributed by atoms with van der Waals surface area (Å²) in [5.74, 6) is 1.56. The molecular formula is C33H31N5O4S. The van der Waals surface area contributed by atoms with Gasteiger partial charge in [-0.05, 0) is 55.5 Å². The molecule has 7 rings (SSSR count). The third-order valence-electron chi connectivity index (χ3n) is 8.27. The number of allylic oxidation sites excluding steroid dienone is 1. The van der Waals surface area contributed by atoms with Crippen molar-refractivity contribution >= 4 is 38.7 Å². The Morgan fingerprint density at radius 3 is 2.51 bits per heavy atom. The zero-order valence-corrected chi connectivity index (χ0v) is 24.4. The number of hydrogen-bond acceptors (Lipinski definition) is 8. The maximum Gasteiger partial charge on any atom is 0.297 e. The monoisotopic (exact) mass is 593 g/mol. The van der Waals surface area contributed by atoms with Crippen molar-refractivity contribution in [1.29, 1.82) is 0 Å². The lowest BCUT2D eigenvalue weighted by Gasteiger charge is -2.42. The van der Waals surface area contributed by atoms with Crippen molar-refractivity contribution in [2.45, 2.75) is 42.6 Å². The van der Waals surface area contributed by atoms with Crippen LogP contribution in [0.3, 0.4) is 0 Å². The first-order valence-electron chi connectivity index (χ1n) is 14.2. The molecule has 3 N–H and O–H groups in total. The molecule has 9 nitrogen and oxygen atoms in total. The summed E-state index contributed by atoms with van der Waals surface area (Å²) in [6.07, 6.45) is 7.02. The summed E-state index contributed by atoms with van der Waals surface area (Å²) in [6, 6.07) is 24.8. The Hall–Kier alpha value is -4.51. The Morgan fingerprint density at radius 1 is 1.02 bits per heavy atom. The summed E-state index contributed by atoms with van der Waals surface area (Å²) in [5, 5.41) is 11.2. The van der Waals surface area contributed by atoms with Gasteiger partial charge in [0.15, 0.2) is 11.6 Å². The molecule has 1 saturated carbocycles. The summed E-state index contributed by atoms with van der Waals surface area (Å²) in [6.45, 7) is 1.55. The van der Waals surface area contributed by atoms with Crippen molar-refractivity contribution in [3.63, 3.8) is 0 Å². The van der Waals surface area contributed by atoms with E-state index >= 15 is 0 Å². The third kappa shape index (κ3) is 4.87. The SMILES string of the molecule is Cc1ccc(S(=O)(=O)OC[C@]2(O)C[C@H](c3nc(N4C(c5ccccc5)=CCc5ccccc54)c4c(N)nccn43)C2)cc1. The van der Waals surface area contributed by atoms with Crippen molar-refractivity contribution in [3.05, 3.63) is 120 Å². The lowest BCUT2D eigenvalue weighted by atomic mass is 9.71. The van der Waals surface area contributed by atoms with E-state index in [-0.39, 0.29) is 30.3 Å². The lowest BCUT2D eigenvalue weighted by molar-refractivity contribution is -0.0800. The van der Waals surface area contributed by atoms with E-state index in [1.54, 1.807) is 18.3 Å². The molecule has 2 aromatic heterocycles. The number of nitrogen functional groups attached to an aromatic ring is 1. The summed E-state index contributed by atoms with van der Waals surface area (Å²) < 4.78 is 32.7. The van der Waals surface area contributed by atoms with Gasteiger partial charge in [-0.2, -0.15) is 8.42 Å². The molecule has 1 aliphatic heterocycles. The molecule has 0 atom stereocenters. The van der Waals surface area contributed by atoms with Crippen molar-refractivity contribution in [2.75, 3.05) is 17.2 Å². The number of rotatable bonds is 7. The van der Waals surface area contributed by atoms with Gasteiger partial charge in [0, 0.05) is 18.3 Å². The van der Waals surface area contributed by atoms with Gasteiger partial charge in [-0.3, -0.25) is 13.5 Å². The minimum atomic E-state index is -4.00. The van der Waals surface area contributed by atoms with Gasteiger partial charge in [-0.1, -0.05) is 72.3 Å². The molecule has 5 aromatic rings. The molecule has 0 radical (unpaired) electrons. The van der Waals surface area contributed by atoms with E-state index in [9.17, 15) is 13.5 Å². The second-order valence-corrected chi connectivity index (χ2v) is 12.9. The second kappa shape index (κ2) is 10.3. The van der Waals surface area contributed by atoms with Crippen molar-refractivity contribution in [1.82, 2.24) is 14.4 Å². The van der Waals surface area contributed by atoms with Crippen molar-refractivity contribution in [2.24, 2.45) is 0 Å². The highest BCUT2D eigenvalue weighted by Crippen LogP contribution is 2.48. The van der Waals surface area contributed by atoms with Crippen LogP contribution in [0.4, 0.5) is 17.3 Å². The topological polar surface area (TPSA) is 123 Å². The standard InChI is InChI=1S/C33H31N5O4S/c1-22-11-14-26(15-12-22)43(40,41)42-21-33(39)19-25(20-33)31-36-32(29-30(34)35-17-18-37(29)31)38-27-10-6-5-9-24(27)13-16-28(38)23-7-3-2-4-8-23/h2-12,14-18,25,39H,13,19-21H2,1H3,(H2,34,35)/t25-,33-. The summed E-state index contributed by atoms with van der Waals surface area (Å²) >= 11 is 0. The van der Waals surface area contributed by atoms with Crippen LogP contribution in [-0.2, 0) is 20.7 Å². The Balaban J connectivity index is 1.22. The fourth-order valence-electron chi connectivity index (χ4n) is 6.04. The number of imidazole rings is 1. The average Bonchev–Trinajstić information content (AvgIpc) is 3.39. The van der Waals surface area contributed by atoms with E-state index in [4.69, 9.17) is 14.9 Å². The van der Waals surface area contributed by atoms with E-state index in [1.165, 1.54) is 12.1 Å². The number of anilines is 3. The molecule has 1 aliphatic carbocycles. The predicted octanol–water partition coefficient (Wildman–Crippen LogP) is 5.37. The van der Waals surface area contributed by atoms with Crippen LogP contribution in [-0.4, -0.2) is 40.1 Å². The number of nitrogens with two attached hydrogens (primary N) is 1. The first kappa shape index (κ1) is 27.3. The Kier molecular flexibility index (Phi) is 6.57. The molecule has 0 spiro atoms. The van der Waals surface area contributed by atoms with E-state index in [2.05, 4.69) is 40.2 Å². The smallest absolute Gasteiger partial charge is 0.297 e. The van der Waals surface area contributed by atoms with Gasteiger partial charge in [0.25, 0.3) is 10.1 Å². The van der Waals surface area contributed by atoms with E-state index in [0.29, 0.717) is 17.2 Å². The average molecular weight is 594 g/mol. The van der Waals surface area contributed by atoms with Crippen LogP contribution in [0.15, 0.2) is 102 Å². The van der Waals surface area contributed by atoms with Gasteiger partial charge in [-0.15, -0.1) is 0 Å². The molecule has 1 fully saturated rings. The van der Waals surface area contributed by atoms with Gasteiger partial charge in [-0.25, -0.2) is 9.97 Å². The maximum atomic E-state index is 12.7. The molecule has 0 saturated heterocycles. The molecule has 43 heavy (non-hydrogen) atoms. The molecule has 3 aromatic carbocycles. The molecule has 2 aliphatic rings. The lowest BCUT2D eigenvalue weighted by Crippen LogP contribution is -2.47. The number of nitrogens with zero attached hydrogens (tertiary/aromatic N) is 4. The number of fused-ring (bicyclic) bond motifs is 2. The van der Waals surface area contributed by atoms with Crippen LogP contribution < -0.4 is 10.6 Å². The molecule has 0 bridgehead atoms. The van der Waals surface area contributed by atoms with Crippen LogP contribution in [0.25, 0.3) is 11.2 Å². The normalized spacial score (nSPS) is 20.0. The van der Waals surface area contributed by atoms with Gasteiger partial charge < -0.3 is 10.8 Å². The van der Waals surface area contributed by atoms with Crippen LogP contribution in [0.2, 0.25) is 0 Å². The largest absolute Gasteiger partial charge is 0.387 e. The summed E-state index contributed by atoms with van der Waals surface area (Å²) in [7, 11) is -4.00. The molecule has 218 valence electrons. The fraction of sp³-hybridized carbons (Fsp3) is 0.212. The predicted molar refractivity (Wildman–Crippen MR) is 165 cm³/mol. The van der Waals surface area contributed by atoms with Crippen LogP contribution >= 0.6 is 0 Å². The first-order valence-corrected chi connectivity index (χ1v) is 15.6. The quantitative estimate of drug-likeness (QED) is 0.242. The van der Waals surface area contributed by atoms with E-state index < -0.39 is 15.7 Å². The molecule has 0 amide bonds. The highest BCUT2D eigenvalue weighted by atomic mass is 32.2. The number of hydrogen-bond donors (Lipinski definition) is 2. The minimum absolute atomic E-state index is 0.0635. The highest BCUT2D eigenvalue weighted by Gasteiger charge is 2.47. The summed E-state index contributed by atoms with van der Waals surface area (Å²) in [5.41, 5.74) is 11.0. The Bertz CT molecular complexity index is 1960. The Morgan fingerprint density at radius 2 is 1.74 bits per heavy atom. The zero-order chi connectivity index (χ0) is 29.8. The third-order valence-corrected chi connectivity index (χ3v) is 9.55. The van der Waals surface area contributed by atoms with E-state index in [0.717, 1.165) is 40.3 Å². The number of aliphatic hydroxyl groups is 1. The molecule has 3 heterocycles. The minimum Gasteiger partial charge on any atom is -0.387 e. The molecule has 0 unspecified atom stereocenters. The Labute approximate surface area is 250 Å². The number of benzene rings is 3. The van der Waals surface area contributed by atoms with Gasteiger partial charge in [0.1, 0.15) is 11.3 Å². The summed E-state index contributed by atoms with van der Waals surface area (Å²) in [4.78, 5) is 11.7. The van der Waals surface area contributed by atoms with Crippen LogP contribution in [0.5, 0.6) is 0 Å². The second-order valence-electron chi connectivity index (χ2n) is 11.3. The van der Waals surface area contributed by atoms with Crippen molar-refractivity contribution < 1.29 is 17.7 Å².